The molecule has 0 saturated carbocycles. The Labute approximate surface area is 196 Å². The average molecular weight is 548 g/mol. The molecular formula is C23H20Br2N2O2S. The Morgan fingerprint density at radius 2 is 1.77 bits per heavy atom. The summed E-state index contributed by atoms with van der Waals surface area (Å²) in [5.41, 5.74) is 3.20. The topological polar surface area (TPSA) is 42.3 Å². The first-order valence-electron chi connectivity index (χ1n) is 9.74. The molecule has 0 bridgehead atoms. The van der Waals surface area contributed by atoms with Crippen molar-refractivity contribution in [3.8, 4) is 0 Å². The highest BCUT2D eigenvalue weighted by Gasteiger charge is 2.34. The van der Waals surface area contributed by atoms with Crippen LogP contribution in [0.3, 0.4) is 0 Å². The molecule has 0 aliphatic carbocycles. The van der Waals surface area contributed by atoms with Gasteiger partial charge in [0.2, 0.25) is 0 Å². The van der Waals surface area contributed by atoms with Crippen LogP contribution in [0.25, 0.3) is 17.0 Å². The van der Waals surface area contributed by atoms with Gasteiger partial charge >= 0.3 is 0 Å². The number of halogens is 2. The summed E-state index contributed by atoms with van der Waals surface area (Å²) in [4.78, 5) is 26.9. The fourth-order valence-corrected chi connectivity index (χ4v) is 4.96. The van der Waals surface area contributed by atoms with Crippen molar-refractivity contribution in [3.63, 3.8) is 0 Å². The predicted octanol–water partition coefficient (Wildman–Crippen LogP) is 7.05. The minimum Gasteiger partial charge on any atom is -0.342 e. The molecular weight excluding hydrogens is 528 g/mol. The van der Waals surface area contributed by atoms with E-state index >= 15 is 0 Å². The third-order valence-corrected chi connectivity index (χ3v) is 6.96. The maximum Gasteiger partial charge on any atom is 0.293 e. The van der Waals surface area contributed by atoms with Gasteiger partial charge in [0.05, 0.1) is 4.91 Å². The summed E-state index contributed by atoms with van der Waals surface area (Å²) in [6, 6.07) is 14.4. The normalized spacial score (nSPS) is 15.7. The molecule has 0 atom stereocenters. The van der Waals surface area contributed by atoms with Crippen molar-refractivity contribution in [2.45, 2.75) is 26.3 Å². The van der Waals surface area contributed by atoms with Gasteiger partial charge in [-0.15, -0.1) is 0 Å². The van der Waals surface area contributed by atoms with Crippen LogP contribution in [0.2, 0.25) is 0 Å². The minimum atomic E-state index is -0.192. The first kappa shape index (κ1) is 21.4. The minimum absolute atomic E-state index is 0.181. The highest BCUT2D eigenvalue weighted by molar-refractivity contribution is 9.10. The third-order valence-electron chi connectivity index (χ3n) is 5.04. The molecule has 2 aromatic carbocycles. The number of amides is 2. The van der Waals surface area contributed by atoms with Gasteiger partial charge in [-0.3, -0.25) is 14.5 Å². The lowest BCUT2D eigenvalue weighted by Gasteiger charge is -2.10. The van der Waals surface area contributed by atoms with E-state index in [0.29, 0.717) is 11.4 Å². The summed E-state index contributed by atoms with van der Waals surface area (Å²) in [5, 5.41) is 0.862. The van der Waals surface area contributed by atoms with Gasteiger partial charge in [0, 0.05) is 44.7 Å². The number of carbonyl (C=O) groups is 2. The Hall–Kier alpha value is -1.83. The number of benzene rings is 2. The van der Waals surface area contributed by atoms with Crippen molar-refractivity contribution < 1.29 is 9.59 Å². The number of aromatic nitrogens is 1. The van der Waals surface area contributed by atoms with Crippen LogP contribution >= 0.6 is 43.6 Å². The van der Waals surface area contributed by atoms with E-state index in [1.54, 1.807) is 0 Å². The number of hydrogen-bond donors (Lipinski definition) is 0. The fourth-order valence-electron chi connectivity index (χ4n) is 3.48. The Morgan fingerprint density at radius 1 is 1.03 bits per heavy atom. The van der Waals surface area contributed by atoms with Crippen molar-refractivity contribution in [1.82, 2.24) is 9.47 Å². The molecule has 7 heteroatoms. The van der Waals surface area contributed by atoms with Crippen LogP contribution in [0.1, 0.15) is 30.9 Å². The van der Waals surface area contributed by atoms with E-state index in [2.05, 4.69) is 66.9 Å². The Balaban J connectivity index is 1.71. The smallest absolute Gasteiger partial charge is 0.293 e. The maximum atomic E-state index is 12.8. The van der Waals surface area contributed by atoms with Crippen LogP contribution in [0.15, 0.2) is 62.5 Å². The summed E-state index contributed by atoms with van der Waals surface area (Å²) >= 11 is 8.06. The molecule has 154 valence electrons. The van der Waals surface area contributed by atoms with Crippen LogP contribution in [-0.2, 0) is 11.3 Å². The zero-order valence-electron chi connectivity index (χ0n) is 16.4. The van der Waals surface area contributed by atoms with E-state index in [1.807, 2.05) is 31.2 Å². The molecule has 1 saturated heterocycles. The zero-order chi connectivity index (χ0) is 21.3. The van der Waals surface area contributed by atoms with Gasteiger partial charge in [-0.25, -0.2) is 0 Å². The van der Waals surface area contributed by atoms with Crippen molar-refractivity contribution in [3.05, 3.63) is 73.6 Å². The number of imide groups is 1. The maximum absolute atomic E-state index is 12.8. The molecule has 0 N–H and O–H groups in total. The fraction of sp³-hybridized carbons (Fsp3) is 0.217. The van der Waals surface area contributed by atoms with Crippen molar-refractivity contribution in [2.75, 3.05) is 6.54 Å². The van der Waals surface area contributed by atoms with Gasteiger partial charge < -0.3 is 4.57 Å². The molecule has 2 heterocycles. The van der Waals surface area contributed by atoms with Crippen LogP contribution in [0.5, 0.6) is 0 Å². The lowest BCUT2D eigenvalue weighted by Crippen LogP contribution is -2.29. The molecule has 1 aliphatic rings. The van der Waals surface area contributed by atoms with Crippen LogP contribution in [-0.4, -0.2) is 27.2 Å². The Kier molecular flexibility index (Phi) is 6.51. The molecule has 0 spiro atoms. The van der Waals surface area contributed by atoms with Crippen LogP contribution in [0, 0.1) is 0 Å². The van der Waals surface area contributed by atoms with Gasteiger partial charge in [0.25, 0.3) is 11.1 Å². The number of rotatable bonds is 6. The highest BCUT2D eigenvalue weighted by atomic mass is 79.9. The molecule has 1 aromatic heterocycles. The standard InChI is InChI=1S/C23H20Br2N2O2S/c1-2-3-10-27-22(28)21(30-23(27)29)11-16-14-26(13-15-4-6-17(24)7-5-15)20-9-8-18(25)12-19(16)20/h4-9,11-12,14H,2-3,10,13H2,1H3/b21-11-. The largest absolute Gasteiger partial charge is 0.342 e. The highest BCUT2D eigenvalue weighted by Crippen LogP contribution is 2.35. The second kappa shape index (κ2) is 9.12. The SMILES string of the molecule is CCCCN1C(=O)S/C(=C\c2cn(Cc3ccc(Br)cc3)c3ccc(Br)cc23)C1=O. The van der Waals surface area contributed by atoms with E-state index in [-0.39, 0.29) is 11.1 Å². The molecule has 1 fully saturated rings. The van der Waals surface area contributed by atoms with Gasteiger partial charge in [0.15, 0.2) is 0 Å². The van der Waals surface area contributed by atoms with Crippen LogP contribution < -0.4 is 0 Å². The number of unbranched alkanes of at least 4 members (excludes halogenated alkanes) is 1. The number of thioether (sulfide) groups is 1. The van der Waals surface area contributed by atoms with E-state index in [9.17, 15) is 9.59 Å². The molecule has 2 amide bonds. The molecule has 0 radical (unpaired) electrons. The molecule has 30 heavy (non-hydrogen) atoms. The quantitative estimate of drug-likeness (QED) is 0.310. The van der Waals surface area contributed by atoms with E-state index in [0.717, 1.165) is 56.6 Å². The van der Waals surface area contributed by atoms with E-state index in [1.165, 1.54) is 10.5 Å². The second-order valence-electron chi connectivity index (χ2n) is 7.19. The monoisotopic (exact) mass is 546 g/mol. The first-order valence-corrected chi connectivity index (χ1v) is 12.1. The second-order valence-corrected chi connectivity index (χ2v) is 10.0. The molecule has 4 rings (SSSR count). The zero-order valence-corrected chi connectivity index (χ0v) is 20.4. The van der Waals surface area contributed by atoms with Gasteiger partial charge in [-0.1, -0.05) is 57.3 Å². The molecule has 1 aliphatic heterocycles. The van der Waals surface area contributed by atoms with E-state index < -0.39 is 0 Å². The average Bonchev–Trinajstić information content (AvgIpc) is 3.18. The number of nitrogens with zero attached hydrogens (tertiary/aromatic N) is 2. The summed E-state index contributed by atoms with van der Waals surface area (Å²) in [7, 11) is 0. The summed E-state index contributed by atoms with van der Waals surface area (Å²) < 4.78 is 4.20. The first-order chi connectivity index (χ1) is 14.5. The third kappa shape index (κ3) is 4.43. The van der Waals surface area contributed by atoms with E-state index in [4.69, 9.17) is 0 Å². The van der Waals surface area contributed by atoms with Gasteiger partial charge in [-0.2, -0.15) is 0 Å². The Bertz CT molecular complexity index is 1150. The van der Waals surface area contributed by atoms with Gasteiger partial charge in [0.1, 0.15) is 0 Å². The van der Waals surface area contributed by atoms with Crippen molar-refractivity contribution in [1.29, 1.82) is 0 Å². The lowest BCUT2D eigenvalue weighted by molar-refractivity contribution is -0.122. The molecule has 4 nitrogen and oxygen atoms in total. The summed E-state index contributed by atoms with van der Waals surface area (Å²) in [5.74, 6) is -0.192. The Morgan fingerprint density at radius 3 is 2.50 bits per heavy atom. The van der Waals surface area contributed by atoms with Crippen LogP contribution in [0.4, 0.5) is 4.79 Å². The van der Waals surface area contributed by atoms with Gasteiger partial charge in [-0.05, 0) is 60.2 Å². The lowest BCUT2D eigenvalue weighted by atomic mass is 10.1. The van der Waals surface area contributed by atoms with Crippen molar-refractivity contribution >= 4 is 71.7 Å². The summed E-state index contributed by atoms with van der Waals surface area (Å²) in [6.07, 6.45) is 5.67. The number of carbonyl (C=O) groups excluding carboxylic acids is 2. The number of fused-ring (bicyclic) bond motifs is 1. The predicted molar refractivity (Wildman–Crippen MR) is 130 cm³/mol. The summed E-state index contributed by atoms with van der Waals surface area (Å²) in [6.45, 7) is 3.25. The number of hydrogen-bond acceptors (Lipinski definition) is 3. The molecule has 0 unspecified atom stereocenters. The molecule has 3 aromatic rings. The van der Waals surface area contributed by atoms with Crippen molar-refractivity contribution in [2.24, 2.45) is 0 Å².